The van der Waals surface area contributed by atoms with Crippen LogP contribution in [0.4, 0.5) is 0 Å². The van der Waals surface area contributed by atoms with Gasteiger partial charge in [0.15, 0.2) is 5.96 Å². The zero-order valence-electron chi connectivity index (χ0n) is 15.8. The molecular weight excluding hydrogens is 350 g/mol. The molecule has 7 nitrogen and oxygen atoms in total. The smallest absolute Gasteiger partial charge is 0.191 e. The number of nitrogens with one attached hydrogen (secondary N) is 2. The third kappa shape index (κ3) is 6.67. The lowest BCUT2D eigenvalue weighted by Gasteiger charge is -2.17. The Kier molecular flexibility index (Phi) is 7.44. The minimum Gasteiger partial charge on any atom is -0.357 e. The molecule has 1 unspecified atom stereocenters. The highest BCUT2D eigenvalue weighted by Gasteiger charge is 2.09. The Labute approximate surface area is 155 Å². The van der Waals surface area contributed by atoms with Crippen LogP contribution in [0.15, 0.2) is 35.6 Å². The second-order valence-electron chi connectivity index (χ2n) is 6.50. The fraction of sp³-hybridized carbons (Fsp3) is 0.556. The number of fused-ring (bicyclic) bond motifs is 1. The number of sulfone groups is 1. The van der Waals surface area contributed by atoms with E-state index in [0.717, 1.165) is 36.5 Å². The number of aliphatic imine (C=N–C) groups is 1. The highest BCUT2D eigenvalue weighted by Crippen LogP contribution is 2.12. The van der Waals surface area contributed by atoms with Crippen molar-refractivity contribution < 1.29 is 8.42 Å². The maximum atomic E-state index is 11.3. The van der Waals surface area contributed by atoms with Gasteiger partial charge in [-0.25, -0.2) is 13.4 Å². The van der Waals surface area contributed by atoms with E-state index in [-0.39, 0.29) is 11.8 Å². The van der Waals surface area contributed by atoms with E-state index in [0.29, 0.717) is 13.0 Å². The molecule has 2 rings (SSSR count). The summed E-state index contributed by atoms with van der Waals surface area (Å²) in [6.07, 6.45) is 4.59. The monoisotopic (exact) mass is 379 g/mol. The molecule has 1 atom stereocenters. The molecule has 0 aliphatic heterocycles. The number of hydrogen-bond acceptors (Lipinski definition) is 4. The zero-order valence-corrected chi connectivity index (χ0v) is 16.6. The normalized spacial score (nSPS) is 13.7. The molecule has 0 spiro atoms. The summed E-state index contributed by atoms with van der Waals surface area (Å²) in [6, 6.07) is 8.13. The molecule has 0 aliphatic carbocycles. The van der Waals surface area contributed by atoms with Crippen molar-refractivity contribution in [2.24, 2.45) is 4.99 Å². The van der Waals surface area contributed by atoms with Crippen molar-refractivity contribution in [1.29, 1.82) is 0 Å². The van der Waals surface area contributed by atoms with Crippen molar-refractivity contribution in [3.8, 4) is 0 Å². The quantitative estimate of drug-likeness (QED) is 0.394. The van der Waals surface area contributed by atoms with Crippen LogP contribution in [0.1, 0.15) is 26.7 Å². The number of imidazole rings is 1. The maximum Gasteiger partial charge on any atom is 0.191 e. The summed E-state index contributed by atoms with van der Waals surface area (Å²) >= 11 is 0. The predicted octanol–water partition coefficient (Wildman–Crippen LogP) is 1.80. The fourth-order valence-corrected chi connectivity index (χ4v) is 3.42. The molecule has 2 N–H and O–H groups in total. The Morgan fingerprint density at radius 1 is 1.35 bits per heavy atom. The molecule has 0 saturated carbocycles. The van der Waals surface area contributed by atoms with Crippen molar-refractivity contribution in [3.05, 3.63) is 30.6 Å². The first-order valence-electron chi connectivity index (χ1n) is 9.01. The third-order valence-corrected chi connectivity index (χ3v) is 4.98. The van der Waals surface area contributed by atoms with E-state index in [9.17, 15) is 8.42 Å². The molecule has 0 amide bonds. The molecule has 1 aromatic carbocycles. The van der Waals surface area contributed by atoms with Gasteiger partial charge in [-0.1, -0.05) is 12.1 Å². The van der Waals surface area contributed by atoms with E-state index in [1.807, 2.05) is 38.4 Å². The van der Waals surface area contributed by atoms with Gasteiger partial charge in [-0.3, -0.25) is 4.99 Å². The molecule has 0 fully saturated rings. The van der Waals surface area contributed by atoms with E-state index < -0.39 is 9.84 Å². The first-order valence-corrected chi connectivity index (χ1v) is 11.1. The number of guanidine groups is 1. The van der Waals surface area contributed by atoms with Gasteiger partial charge in [0.25, 0.3) is 0 Å². The summed E-state index contributed by atoms with van der Waals surface area (Å²) in [5.41, 5.74) is 2.14. The average molecular weight is 380 g/mol. The SMILES string of the molecule is CCNC(=NCCCn1cnc2ccccc21)NC(C)CCS(C)(=O)=O. The fourth-order valence-electron chi connectivity index (χ4n) is 2.64. The molecule has 8 heteroatoms. The van der Waals surface area contributed by atoms with Crippen molar-refractivity contribution >= 4 is 26.8 Å². The Bertz CT molecular complexity index is 829. The zero-order chi connectivity index (χ0) is 19.0. The molecule has 0 aliphatic rings. The lowest BCUT2D eigenvalue weighted by atomic mass is 10.3. The second-order valence-corrected chi connectivity index (χ2v) is 8.76. The minimum atomic E-state index is -2.94. The maximum absolute atomic E-state index is 11.3. The van der Waals surface area contributed by atoms with E-state index >= 15 is 0 Å². The van der Waals surface area contributed by atoms with E-state index in [1.165, 1.54) is 6.26 Å². The molecule has 2 aromatic rings. The van der Waals surface area contributed by atoms with E-state index in [2.05, 4.69) is 31.2 Å². The Hall–Kier alpha value is -2.09. The average Bonchev–Trinajstić information content (AvgIpc) is 3.00. The molecule has 1 heterocycles. The number of aromatic nitrogens is 2. The summed E-state index contributed by atoms with van der Waals surface area (Å²) in [7, 11) is -2.94. The van der Waals surface area contributed by atoms with Crippen LogP contribution < -0.4 is 10.6 Å². The lowest BCUT2D eigenvalue weighted by molar-refractivity contribution is 0.580. The van der Waals surface area contributed by atoms with Crippen LogP contribution in [0.25, 0.3) is 11.0 Å². The van der Waals surface area contributed by atoms with Crippen LogP contribution >= 0.6 is 0 Å². The topological polar surface area (TPSA) is 88.4 Å². The van der Waals surface area contributed by atoms with Crippen molar-refractivity contribution in [2.45, 2.75) is 39.3 Å². The van der Waals surface area contributed by atoms with Gasteiger partial charge in [0.2, 0.25) is 0 Å². The molecule has 0 radical (unpaired) electrons. The lowest BCUT2D eigenvalue weighted by Crippen LogP contribution is -2.42. The van der Waals surface area contributed by atoms with Crippen molar-refractivity contribution in [1.82, 2.24) is 20.2 Å². The van der Waals surface area contributed by atoms with Gasteiger partial charge in [0, 0.05) is 31.9 Å². The van der Waals surface area contributed by atoms with Crippen LogP contribution in [-0.4, -0.2) is 55.1 Å². The number of para-hydroxylation sites is 2. The second kappa shape index (κ2) is 9.56. The molecule has 26 heavy (non-hydrogen) atoms. The number of benzene rings is 1. The Morgan fingerprint density at radius 3 is 2.85 bits per heavy atom. The van der Waals surface area contributed by atoms with Crippen molar-refractivity contribution in [3.63, 3.8) is 0 Å². The molecular formula is C18H29N5O2S. The highest BCUT2D eigenvalue weighted by molar-refractivity contribution is 7.90. The third-order valence-electron chi connectivity index (χ3n) is 4.00. The first kappa shape index (κ1) is 20.2. The summed E-state index contributed by atoms with van der Waals surface area (Å²) < 4.78 is 24.7. The first-order chi connectivity index (χ1) is 12.4. The van der Waals surface area contributed by atoms with Gasteiger partial charge in [-0.15, -0.1) is 0 Å². The largest absolute Gasteiger partial charge is 0.357 e. The number of nitrogens with zero attached hydrogens (tertiary/aromatic N) is 3. The number of rotatable bonds is 9. The minimum absolute atomic E-state index is 0.0418. The molecule has 144 valence electrons. The van der Waals surface area contributed by atoms with Gasteiger partial charge in [0.05, 0.1) is 23.1 Å². The van der Waals surface area contributed by atoms with Crippen molar-refractivity contribution in [2.75, 3.05) is 25.1 Å². The summed E-state index contributed by atoms with van der Waals surface area (Å²) in [4.78, 5) is 8.98. The van der Waals surface area contributed by atoms with Crippen LogP contribution in [0.5, 0.6) is 0 Å². The molecule has 0 saturated heterocycles. The summed E-state index contributed by atoms with van der Waals surface area (Å²) in [6.45, 7) is 6.27. The van der Waals surface area contributed by atoms with Gasteiger partial charge in [-0.05, 0) is 38.8 Å². The van der Waals surface area contributed by atoms with Crippen LogP contribution in [0.3, 0.4) is 0 Å². The van der Waals surface area contributed by atoms with Crippen LogP contribution in [-0.2, 0) is 16.4 Å². The number of aryl methyl sites for hydroxylation is 1. The van der Waals surface area contributed by atoms with E-state index in [4.69, 9.17) is 0 Å². The predicted molar refractivity (Wildman–Crippen MR) is 107 cm³/mol. The Balaban J connectivity index is 1.84. The number of hydrogen-bond donors (Lipinski definition) is 2. The highest BCUT2D eigenvalue weighted by atomic mass is 32.2. The summed E-state index contributed by atoms with van der Waals surface area (Å²) in [5, 5.41) is 6.47. The molecule has 0 bridgehead atoms. The van der Waals surface area contributed by atoms with Gasteiger partial charge in [0.1, 0.15) is 9.84 Å². The van der Waals surface area contributed by atoms with Gasteiger partial charge in [-0.2, -0.15) is 0 Å². The Morgan fingerprint density at radius 2 is 2.12 bits per heavy atom. The molecule has 1 aromatic heterocycles. The standard InChI is InChI=1S/C18H29N5O2S/c1-4-19-18(22-15(2)10-13-26(3,24)25)20-11-7-12-23-14-21-16-8-5-6-9-17(16)23/h5-6,8-9,14-15H,4,7,10-13H2,1-3H3,(H2,19,20,22). The van der Waals surface area contributed by atoms with E-state index in [1.54, 1.807) is 0 Å². The van der Waals surface area contributed by atoms with Crippen LogP contribution in [0, 0.1) is 0 Å². The van der Waals surface area contributed by atoms with Crippen LogP contribution in [0.2, 0.25) is 0 Å². The van der Waals surface area contributed by atoms with Gasteiger partial charge >= 0.3 is 0 Å². The summed E-state index contributed by atoms with van der Waals surface area (Å²) in [5.74, 6) is 0.901. The van der Waals surface area contributed by atoms with Gasteiger partial charge < -0.3 is 15.2 Å².